The lowest BCUT2D eigenvalue weighted by Gasteiger charge is -2.26. The Hall–Kier alpha value is -2.51. The third-order valence-corrected chi connectivity index (χ3v) is 6.37. The van der Waals surface area contributed by atoms with Crippen molar-refractivity contribution >= 4 is 11.6 Å². The van der Waals surface area contributed by atoms with Crippen LogP contribution in [-0.2, 0) is 9.53 Å². The molecule has 31 heavy (non-hydrogen) atoms. The summed E-state index contributed by atoms with van der Waals surface area (Å²) in [6.45, 7) is 9.45. The molecule has 1 aromatic heterocycles. The summed E-state index contributed by atoms with van der Waals surface area (Å²) in [7, 11) is 1.50. The molecule has 4 atom stereocenters. The van der Waals surface area contributed by atoms with Gasteiger partial charge < -0.3 is 19.9 Å². The highest BCUT2D eigenvalue weighted by molar-refractivity contribution is 5.95. The Labute approximate surface area is 182 Å². The summed E-state index contributed by atoms with van der Waals surface area (Å²) in [6.07, 6.45) is 0.655. The molecule has 2 heterocycles. The van der Waals surface area contributed by atoms with E-state index in [-0.39, 0.29) is 23.6 Å². The zero-order chi connectivity index (χ0) is 22.9. The van der Waals surface area contributed by atoms with E-state index in [1.165, 1.54) is 19.4 Å². The van der Waals surface area contributed by atoms with Gasteiger partial charge in [-0.1, -0.05) is 19.9 Å². The fourth-order valence-electron chi connectivity index (χ4n) is 4.17. The second-order valence-electron chi connectivity index (χ2n) is 8.64. The van der Waals surface area contributed by atoms with Gasteiger partial charge >= 0.3 is 0 Å². The van der Waals surface area contributed by atoms with Crippen molar-refractivity contribution in [1.29, 1.82) is 0 Å². The maximum absolute atomic E-state index is 14.1. The van der Waals surface area contributed by atoms with Gasteiger partial charge in [-0.25, -0.2) is 4.39 Å². The number of nitrogens with zero attached hydrogens (tertiary/aromatic N) is 1. The number of amides is 1. The van der Waals surface area contributed by atoms with Crippen LogP contribution in [0.1, 0.15) is 63.0 Å². The third kappa shape index (κ3) is 4.43. The summed E-state index contributed by atoms with van der Waals surface area (Å²) < 4.78 is 25.8. The zero-order valence-corrected chi connectivity index (χ0v) is 18.9. The molecule has 3 rings (SSSR count). The van der Waals surface area contributed by atoms with Crippen LogP contribution in [0.3, 0.4) is 0 Å². The second-order valence-corrected chi connectivity index (χ2v) is 8.64. The van der Waals surface area contributed by atoms with Gasteiger partial charge in [0.2, 0.25) is 0 Å². The lowest BCUT2D eigenvalue weighted by atomic mass is 9.77. The van der Waals surface area contributed by atoms with Crippen LogP contribution in [-0.4, -0.2) is 34.8 Å². The molecule has 1 aliphatic rings. The lowest BCUT2D eigenvalue weighted by molar-refractivity contribution is -0.131. The number of ether oxygens (including phenoxy) is 2. The molecule has 1 saturated heterocycles. The summed E-state index contributed by atoms with van der Waals surface area (Å²) >= 11 is 0. The molecule has 1 amide bonds. The Balaban J connectivity index is 1.91. The van der Waals surface area contributed by atoms with Gasteiger partial charge in [-0.2, -0.15) is 0 Å². The van der Waals surface area contributed by atoms with Crippen LogP contribution in [0, 0.1) is 18.7 Å². The number of hydrogen-bond acceptors (Lipinski definition) is 5. The van der Waals surface area contributed by atoms with Crippen LogP contribution in [0.5, 0.6) is 5.75 Å². The number of nitrogens with one attached hydrogen (secondary N) is 1. The topological polar surface area (TPSA) is 80.7 Å². The van der Waals surface area contributed by atoms with Crippen molar-refractivity contribution in [2.45, 2.75) is 64.8 Å². The predicted molar refractivity (Wildman–Crippen MR) is 117 cm³/mol. The van der Waals surface area contributed by atoms with Crippen LogP contribution < -0.4 is 10.1 Å². The minimum absolute atomic E-state index is 0.0257. The third-order valence-electron chi connectivity index (χ3n) is 6.37. The van der Waals surface area contributed by atoms with E-state index in [2.05, 4.69) is 10.3 Å². The van der Waals surface area contributed by atoms with Gasteiger partial charge in [-0.3, -0.25) is 9.78 Å². The standard InChI is InChI=1S/C24H31FN2O4/c1-7-19(28)18-11-8-15(12-26-18)27-23(29)22-20(14(3)24(4,5)31-22)16-9-10-17(25)13(2)21(16)30-6/h8-12,14,19-20,22,28H,7H2,1-6H3,(H,27,29)/t14-,19+,20-,22+/m1/s1. The normalized spacial score (nSPS) is 23.4. The minimum atomic E-state index is -0.787. The zero-order valence-electron chi connectivity index (χ0n) is 18.9. The molecule has 0 bridgehead atoms. The van der Waals surface area contributed by atoms with Crippen LogP contribution in [0.4, 0.5) is 10.1 Å². The predicted octanol–water partition coefficient (Wildman–Crippen LogP) is 4.52. The number of carbonyl (C=O) groups excluding carboxylic acids is 1. The molecular weight excluding hydrogens is 399 g/mol. The molecule has 0 saturated carbocycles. The maximum atomic E-state index is 14.1. The molecule has 1 fully saturated rings. The Morgan fingerprint density at radius 2 is 2.06 bits per heavy atom. The summed E-state index contributed by atoms with van der Waals surface area (Å²) in [6, 6.07) is 6.48. The minimum Gasteiger partial charge on any atom is -0.496 e. The summed E-state index contributed by atoms with van der Waals surface area (Å²) in [4.78, 5) is 17.5. The van der Waals surface area contributed by atoms with Crippen molar-refractivity contribution < 1.29 is 23.8 Å². The van der Waals surface area contributed by atoms with Crippen molar-refractivity contribution in [2.24, 2.45) is 5.92 Å². The second kappa shape index (κ2) is 8.93. The first-order valence-electron chi connectivity index (χ1n) is 10.6. The average Bonchev–Trinajstić information content (AvgIpc) is 2.99. The number of aliphatic hydroxyl groups excluding tert-OH is 1. The molecule has 0 radical (unpaired) electrons. The van der Waals surface area contributed by atoms with Crippen LogP contribution in [0.2, 0.25) is 0 Å². The molecule has 0 aliphatic carbocycles. The van der Waals surface area contributed by atoms with Gasteiger partial charge in [-0.15, -0.1) is 0 Å². The quantitative estimate of drug-likeness (QED) is 0.704. The molecule has 1 aliphatic heterocycles. The fraction of sp³-hybridized carbons (Fsp3) is 0.500. The Morgan fingerprint density at radius 3 is 2.65 bits per heavy atom. The van der Waals surface area contributed by atoms with E-state index in [1.807, 2.05) is 27.7 Å². The van der Waals surface area contributed by atoms with E-state index in [0.717, 1.165) is 5.56 Å². The summed E-state index contributed by atoms with van der Waals surface area (Å²) in [5.74, 6) is -0.568. The van der Waals surface area contributed by atoms with Gasteiger partial charge in [0.15, 0.2) is 0 Å². The molecule has 1 aromatic carbocycles. The van der Waals surface area contributed by atoms with E-state index in [0.29, 0.717) is 29.1 Å². The molecule has 2 aromatic rings. The SMILES string of the molecule is CC[C@H](O)c1ccc(NC(=O)[C@H]2OC(C)(C)[C@H](C)[C@@H]2c2ccc(F)c(C)c2OC)cn1. The van der Waals surface area contributed by atoms with Crippen LogP contribution >= 0.6 is 0 Å². The van der Waals surface area contributed by atoms with E-state index < -0.39 is 17.8 Å². The van der Waals surface area contributed by atoms with Crippen molar-refractivity contribution in [3.05, 3.63) is 53.1 Å². The number of pyridine rings is 1. The first-order chi connectivity index (χ1) is 14.6. The number of carbonyl (C=O) groups is 1. The highest BCUT2D eigenvalue weighted by Gasteiger charge is 2.51. The number of methoxy groups -OCH3 is 1. The molecule has 0 spiro atoms. The van der Waals surface area contributed by atoms with E-state index >= 15 is 0 Å². The molecule has 7 heteroatoms. The Morgan fingerprint density at radius 1 is 1.35 bits per heavy atom. The first-order valence-corrected chi connectivity index (χ1v) is 10.6. The molecular formula is C24H31FN2O4. The Bertz CT molecular complexity index is 945. The molecule has 6 nitrogen and oxygen atoms in total. The number of halogens is 1. The number of benzene rings is 1. The molecule has 0 unspecified atom stereocenters. The van der Waals surface area contributed by atoms with Crippen molar-refractivity contribution in [3.63, 3.8) is 0 Å². The summed E-state index contributed by atoms with van der Waals surface area (Å²) in [5.41, 5.74) is 1.66. The number of rotatable bonds is 6. The number of aliphatic hydroxyl groups is 1. The molecule has 168 valence electrons. The number of hydrogen-bond donors (Lipinski definition) is 2. The van der Waals surface area contributed by atoms with E-state index in [9.17, 15) is 14.3 Å². The maximum Gasteiger partial charge on any atom is 0.254 e. The highest BCUT2D eigenvalue weighted by atomic mass is 19.1. The monoisotopic (exact) mass is 430 g/mol. The first kappa shape index (κ1) is 23.2. The largest absolute Gasteiger partial charge is 0.496 e. The fourth-order valence-corrected chi connectivity index (χ4v) is 4.17. The number of aromatic nitrogens is 1. The van der Waals surface area contributed by atoms with Gasteiger partial charge in [0.1, 0.15) is 17.7 Å². The number of anilines is 1. The van der Waals surface area contributed by atoms with Gasteiger partial charge in [0.25, 0.3) is 5.91 Å². The van der Waals surface area contributed by atoms with Gasteiger partial charge in [0, 0.05) is 17.0 Å². The lowest BCUT2D eigenvalue weighted by Crippen LogP contribution is -2.33. The van der Waals surface area contributed by atoms with E-state index in [4.69, 9.17) is 9.47 Å². The van der Waals surface area contributed by atoms with Crippen LogP contribution in [0.15, 0.2) is 30.5 Å². The smallest absolute Gasteiger partial charge is 0.254 e. The highest BCUT2D eigenvalue weighted by Crippen LogP contribution is 2.49. The van der Waals surface area contributed by atoms with Crippen molar-refractivity contribution in [3.8, 4) is 5.75 Å². The Kier molecular flexibility index (Phi) is 6.67. The average molecular weight is 431 g/mol. The van der Waals surface area contributed by atoms with Crippen molar-refractivity contribution in [1.82, 2.24) is 4.98 Å². The van der Waals surface area contributed by atoms with Gasteiger partial charge in [0.05, 0.1) is 36.4 Å². The van der Waals surface area contributed by atoms with Crippen LogP contribution in [0.25, 0.3) is 0 Å². The van der Waals surface area contributed by atoms with Crippen molar-refractivity contribution in [2.75, 3.05) is 12.4 Å². The summed E-state index contributed by atoms with van der Waals surface area (Å²) in [5, 5.41) is 12.8. The van der Waals surface area contributed by atoms with E-state index in [1.54, 1.807) is 25.1 Å². The molecule has 2 N–H and O–H groups in total. The van der Waals surface area contributed by atoms with Gasteiger partial charge in [-0.05, 0) is 51.3 Å².